The molecule has 0 unspecified atom stereocenters. The third kappa shape index (κ3) is 7.70. The summed E-state index contributed by atoms with van der Waals surface area (Å²) in [5.41, 5.74) is 9.22. The second-order valence-corrected chi connectivity index (χ2v) is 15.6. The van der Waals surface area contributed by atoms with E-state index in [9.17, 15) is 4.79 Å². The molecule has 3 heterocycles. The summed E-state index contributed by atoms with van der Waals surface area (Å²) in [4.78, 5) is 16.3. The number of anilines is 1. The molecule has 3 aliphatic heterocycles. The first-order chi connectivity index (χ1) is 24.3. The van der Waals surface area contributed by atoms with E-state index in [-0.39, 0.29) is 17.0 Å². The molecule has 10 heteroatoms. The number of halogens is 1. The second kappa shape index (κ2) is 14.8. The van der Waals surface area contributed by atoms with E-state index in [0.29, 0.717) is 18.1 Å². The van der Waals surface area contributed by atoms with Crippen molar-refractivity contribution in [2.45, 2.75) is 93.2 Å². The number of fused-ring (bicyclic) bond motifs is 4. The van der Waals surface area contributed by atoms with Crippen molar-refractivity contribution in [2.24, 2.45) is 5.92 Å². The molecule has 0 radical (unpaired) electrons. The van der Waals surface area contributed by atoms with Gasteiger partial charge in [0.25, 0.3) is 0 Å². The Kier molecular flexibility index (Phi) is 11.2. The fraction of sp³-hybridized carbons (Fsp3) is 0.429. The van der Waals surface area contributed by atoms with Crippen LogP contribution >= 0.6 is 0 Å². The lowest BCUT2D eigenvalue weighted by atomic mass is 9.83. The molecule has 52 heavy (non-hydrogen) atoms. The van der Waals surface area contributed by atoms with Crippen molar-refractivity contribution >= 4 is 28.4 Å². The highest BCUT2D eigenvalue weighted by Gasteiger charge is 2.36. The Labute approximate surface area is 309 Å². The summed E-state index contributed by atoms with van der Waals surface area (Å²) in [6, 6.07) is 16.9. The largest absolute Gasteiger partial charge is 0.462 e. The molecule has 0 fully saturated rings. The monoisotopic (exact) mass is 730 g/mol. The zero-order valence-electron chi connectivity index (χ0n) is 32.0. The van der Waals surface area contributed by atoms with E-state index >= 15 is 0 Å². The van der Waals surface area contributed by atoms with Crippen molar-refractivity contribution in [2.75, 3.05) is 24.6 Å². The smallest absolute Gasteiger partial charge is 0.338 e. The Balaban J connectivity index is 0.000000979. The minimum atomic E-state index is -4.94. The third-order valence-corrected chi connectivity index (χ3v) is 10.6. The van der Waals surface area contributed by atoms with Gasteiger partial charge in [-0.25, -0.2) is 28.0 Å². The number of ether oxygens (including phenoxy) is 2. The van der Waals surface area contributed by atoms with E-state index in [2.05, 4.69) is 121 Å². The van der Waals surface area contributed by atoms with Crippen LogP contribution in [0.25, 0.3) is 16.7 Å². The van der Waals surface area contributed by atoms with Crippen LogP contribution in [-0.4, -0.2) is 36.7 Å². The molecule has 3 aromatic rings. The van der Waals surface area contributed by atoms with Crippen LogP contribution in [0.2, 0.25) is 0 Å². The van der Waals surface area contributed by atoms with Crippen molar-refractivity contribution < 1.29 is 43.1 Å². The number of likely N-dealkylation sites (N-methyl/N-ethyl adjacent to an activating group) is 2. The van der Waals surface area contributed by atoms with Crippen molar-refractivity contribution in [3.05, 3.63) is 99.1 Å². The predicted octanol–water partition coefficient (Wildman–Crippen LogP) is 3.60. The van der Waals surface area contributed by atoms with E-state index in [1.807, 2.05) is 18.2 Å². The van der Waals surface area contributed by atoms with Gasteiger partial charge in [0.15, 0.2) is 5.54 Å². The number of carbonyl (C=O) groups is 1. The highest BCUT2D eigenvalue weighted by molar-refractivity contribution is 6.00. The molecule has 0 aromatic heterocycles. The second-order valence-electron chi connectivity index (χ2n) is 14.9. The molecule has 9 nitrogen and oxygen atoms in total. The maximum atomic E-state index is 13.8. The lowest BCUT2D eigenvalue weighted by Gasteiger charge is -2.43. The Morgan fingerprint density at radius 2 is 1.48 bits per heavy atom. The van der Waals surface area contributed by atoms with Crippen molar-refractivity contribution in [3.8, 4) is 11.5 Å². The van der Waals surface area contributed by atoms with Crippen LogP contribution < -0.4 is 43.4 Å². The number of nitrogens with zero attached hydrogens (tertiary/aromatic N) is 2. The first-order valence-corrected chi connectivity index (χ1v) is 19.3. The predicted molar refractivity (Wildman–Crippen MR) is 195 cm³/mol. The normalized spacial score (nSPS) is 16.7. The summed E-state index contributed by atoms with van der Waals surface area (Å²) in [5, 5.41) is 2.16. The maximum absolute atomic E-state index is 13.8. The summed E-state index contributed by atoms with van der Waals surface area (Å²) >= 11 is 0. The first-order valence-electron chi connectivity index (χ1n) is 18.1. The van der Waals surface area contributed by atoms with Crippen molar-refractivity contribution in [1.82, 2.24) is 4.58 Å². The zero-order chi connectivity index (χ0) is 38.3. The van der Waals surface area contributed by atoms with Gasteiger partial charge in [-0.3, -0.25) is 0 Å². The van der Waals surface area contributed by atoms with E-state index in [1.165, 1.54) is 33.3 Å². The molecule has 0 spiro atoms. The van der Waals surface area contributed by atoms with E-state index in [1.54, 1.807) is 0 Å². The lowest BCUT2D eigenvalue weighted by molar-refractivity contribution is -2.00. The van der Waals surface area contributed by atoms with Crippen LogP contribution in [0, 0.1) is 16.2 Å². The first kappa shape index (κ1) is 39.2. The van der Waals surface area contributed by atoms with Gasteiger partial charge in [-0.2, -0.15) is 0 Å². The number of esters is 1. The molecular formula is C42H51ClN2O7. The van der Waals surface area contributed by atoms with Crippen LogP contribution in [0.1, 0.15) is 115 Å². The number of rotatable bonds is 8. The van der Waals surface area contributed by atoms with E-state index in [0.717, 1.165) is 59.3 Å². The molecule has 0 saturated carbocycles. The van der Waals surface area contributed by atoms with Gasteiger partial charge in [0.1, 0.15) is 18.0 Å². The van der Waals surface area contributed by atoms with Gasteiger partial charge in [0, 0.05) is 59.6 Å². The van der Waals surface area contributed by atoms with Crippen LogP contribution in [-0.2, 0) is 4.74 Å². The third-order valence-electron chi connectivity index (χ3n) is 10.6. The van der Waals surface area contributed by atoms with Crippen molar-refractivity contribution in [3.63, 3.8) is 0 Å². The molecule has 0 amide bonds. The van der Waals surface area contributed by atoms with Crippen molar-refractivity contribution in [1.29, 1.82) is 0 Å². The summed E-state index contributed by atoms with van der Waals surface area (Å²) in [5.74, 6) is 1.68. The molecule has 3 aromatic carbocycles. The SMILES string of the molecule is CCC(CC)COC(=O)c1ccccc1C1=c2cc3c(cc2Oc2cc4c(cc21)C(C)=CC(C)(C)N4CC)=[N+](CC)C(C)(C)C=C3C.[O-][Cl+3]([O-])([O-])[O-]. The molecule has 0 atom stereocenters. The topological polar surface area (TPSA) is 134 Å². The average molecular weight is 731 g/mol. The molecule has 0 bridgehead atoms. The van der Waals surface area contributed by atoms with Gasteiger partial charge in [0.2, 0.25) is 5.36 Å². The molecule has 0 aliphatic carbocycles. The Bertz CT molecular complexity index is 2060. The number of hydrogen-bond donors (Lipinski definition) is 0. The lowest BCUT2D eigenvalue weighted by Crippen LogP contribution is -2.68. The maximum Gasteiger partial charge on any atom is 0.338 e. The quantitative estimate of drug-likeness (QED) is 0.198. The fourth-order valence-electron chi connectivity index (χ4n) is 8.15. The summed E-state index contributed by atoms with van der Waals surface area (Å²) in [6.45, 7) is 24.4. The van der Waals surface area contributed by atoms with E-state index < -0.39 is 10.2 Å². The van der Waals surface area contributed by atoms with Gasteiger partial charge < -0.3 is 14.4 Å². The summed E-state index contributed by atoms with van der Waals surface area (Å²) in [7, 11) is -4.94. The van der Waals surface area contributed by atoms with Gasteiger partial charge >= 0.3 is 5.97 Å². The van der Waals surface area contributed by atoms with Crippen LogP contribution in [0.5, 0.6) is 11.5 Å². The minimum Gasteiger partial charge on any atom is -0.462 e. The standard InChI is InChI=1S/C42H51N2O3.ClHO4/c1-11-28(12-2)25-46-40(45)30-18-16-15-17-29(30)39-33-19-31-26(5)23-41(7,8)43(13-3)35(31)21-37(33)47-38-22-36-32(20-34(38)39)27(6)24-42(9,10)44(36)14-4;2-1(3,4)5/h15-24,28H,11-14,25H2,1-10H3;(H,2,3,4,5)/q+1;/p-1. The molecule has 0 saturated heterocycles. The summed E-state index contributed by atoms with van der Waals surface area (Å²) in [6.07, 6.45) is 6.68. The van der Waals surface area contributed by atoms with Crippen LogP contribution in [0.4, 0.5) is 5.69 Å². The molecule has 3 aliphatic rings. The number of allylic oxidation sites excluding steroid dienone is 2. The number of carbonyl (C=O) groups excluding carboxylic acids is 1. The zero-order valence-corrected chi connectivity index (χ0v) is 32.8. The number of hydrogen-bond acceptors (Lipinski definition) is 8. The Morgan fingerprint density at radius 1 is 0.846 bits per heavy atom. The van der Waals surface area contributed by atoms with E-state index in [4.69, 9.17) is 28.1 Å². The molecular weight excluding hydrogens is 680 g/mol. The highest BCUT2D eigenvalue weighted by Crippen LogP contribution is 2.46. The Morgan fingerprint density at radius 3 is 2.10 bits per heavy atom. The van der Waals surface area contributed by atoms with Gasteiger partial charge in [-0.05, 0) is 88.4 Å². The highest BCUT2D eigenvalue weighted by atomic mass is 35.7. The fourth-order valence-corrected chi connectivity index (χ4v) is 8.15. The molecule has 278 valence electrons. The van der Waals surface area contributed by atoms with Gasteiger partial charge in [-0.15, -0.1) is 10.2 Å². The minimum absolute atomic E-state index is 0.124. The number of benzene rings is 3. The average Bonchev–Trinajstić information content (AvgIpc) is 3.05. The van der Waals surface area contributed by atoms with Gasteiger partial charge in [0.05, 0.1) is 23.8 Å². The molecule has 6 rings (SSSR count). The van der Waals surface area contributed by atoms with Gasteiger partial charge in [-0.1, -0.05) is 51.0 Å². The summed E-state index contributed by atoms with van der Waals surface area (Å²) < 4.78 is 49.3. The molecule has 0 N–H and O–H groups in total. The Hall–Kier alpha value is -3.99. The van der Waals surface area contributed by atoms with Crippen LogP contribution in [0.3, 0.4) is 0 Å². The van der Waals surface area contributed by atoms with Crippen LogP contribution in [0.15, 0.2) is 60.7 Å².